The molecule has 1 aliphatic heterocycles. The van der Waals surface area contributed by atoms with Crippen molar-refractivity contribution in [2.24, 2.45) is 5.92 Å². The van der Waals surface area contributed by atoms with Crippen LogP contribution in [-0.4, -0.2) is 35.0 Å². The van der Waals surface area contributed by atoms with Crippen molar-refractivity contribution in [2.45, 2.75) is 38.6 Å². The fraction of sp³-hybridized carbons (Fsp3) is 0.643. The highest BCUT2D eigenvalue weighted by Crippen LogP contribution is 2.21. The first-order valence-corrected chi connectivity index (χ1v) is 7.10. The van der Waals surface area contributed by atoms with E-state index < -0.39 is 0 Å². The minimum atomic E-state index is -0.103. The van der Waals surface area contributed by atoms with Gasteiger partial charge >= 0.3 is 0 Å². The number of aromatic nitrogens is 2. The van der Waals surface area contributed by atoms with Gasteiger partial charge in [0, 0.05) is 19.1 Å². The van der Waals surface area contributed by atoms with E-state index in [0.717, 1.165) is 31.7 Å². The van der Waals surface area contributed by atoms with Gasteiger partial charge in [0.25, 0.3) is 5.91 Å². The van der Waals surface area contributed by atoms with Crippen LogP contribution in [0.4, 0.5) is 5.82 Å². The van der Waals surface area contributed by atoms with E-state index in [4.69, 9.17) is 0 Å². The number of amides is 1. The number of hydrogen-bond donors (Lipinski definition) is 1. The molecule has 1 saturated carbocycles. The number of hydrogen-bond acceptors (Lipinski definition) is 4. The van der Waals surface area contributed by atoms with Gasteiger partial charge in [0.2, 0.25) is 0 Å². The zero-order valence-electron chi connectivity index (χ0n) is 11.3. The number of nitrogens with zero attached hydrogens (tertiary/aromatic N) is 3. The van der Waals surface area contributed by atoms with Crippen molar-refractivity contribution in [3.8, 4) is 0 Å². The van der Waals surface area contributed by atoms with Crippen molar-refractivity contribution in [3.63, 3.8) is 0 Å². The Labute approximate surface area is 113 Å². The minimum Gasteiger partial charge on any atom is -0.355 e. The molecule has 1 aromatic rings. The molecule has 1 aromatic heterocycles. The van der Waals surface area contributed by atoms with Crippen LogP contribution in [-0.2, 0) is 0 Å². The molecule has 19 heavy (non-hydrogen) atoms. The number of carbonyl (C=O) groups is 1. The average molecular weight is 260 g/mol. The molecule has 0 bridgehead atoms. The van der Waals surface area contributed by atoms with Gasteiger partial charge < -0.3 is 10.2 Å². The van der Waals surface area contributed by atoms with E-state index >= 15 is 0 Å². The lowest BCUT2D eigenvalue weighted by atomic mass is 10.0. The average Bonchev–Trinajstić information content (AvgIpc) is 3.23. The Morgan fingerprint density at radius 1 is 1.32 bits per heavy atom. The van der Waals surface area contributed by atoms with E-state index in [2.05, 4.69) is 27.1 Å². The molecule has 1 unspecified atom stereocenters. The maximum atomic E-state index is 11.8. The third kappa shape index (κ3) is 3.03. The molecule has 0 aromatic carbocycles. The summed E-state index contributed by atoms with van der Waals surface area (Å²) in [6.07, 6.45) is 7.97. The van der Waals surface area contributed by atoms with Crippen molar-refractivity contribution in [1.29, 1.82) is 0 Å². The van der Waals surface area contributed by atoms with Gasteiger partial charge in [-0.15, -0.1) is 0 Å². The summed E-state index contributed by atoms with van der Waals surface area (Å²) < 4.78 is 0. The zero-order valence-corrected chi connectivity index (χ0v) is 11.3. The molecule has 3 rings (SSSR count). The van der Waals surface area contributed by atoms with Crippen LogP contribution in [0.3, 0.4) is 0 Å². The summed E-state index contributed by atoms with van der Waals surface area (Å²) in [7, 11) is 0. The van der Waals surface area contributed by atoms with Gasteiger partial charge in [0.05, 0.1) is 12.4 Å². The maximum absolute atomic E-state index is 11.8. The molecule has 1 saturated heterocycles. The first kappa shape index (κ1) is 12.4. The standard InChI is InChI=1S/C14H20N4O/c1-10-3-2-6-18(9-10)13-8-15-12(7-16-13)14(19)17-11-4-5-11/h7-8,10-11H,2-6,9H2,1H3,(H,17,19). The second-order valence-electron chi connectivity index (χ2n) is 5.70. The Bertz CT molecular complexity index is 455. The minimum absolute atomic E-state index is 0.103. The summed E-state index contributed by atoms with van der Waals surface area (Å²) >= 11 is 0. The molecule has 0 spiro atoms. The topological polar surface area (TPSA) is 58.1 Å². The van der Waals surface area contributed by atoms with E-state index in [9.17, 15) is 4.79 Å². The fourth-order valence-corrected chi connectivity index (χ4v) is 2.49. The molecule has 5 heteroatoms. The molecular formula is C14H20N4O. The lowest BCUT2D eigenvalue weighted by molar-refractivity contribution is 0.0945. The number of nitrogens with one attached hydrogen (secondary N) is 1. The van der Waals surface area contributed by atoms with Gasteiger partial charge in [-0.1, -0.05) is 6.92 Å². The van der Waals surface area contributed by atoms with Gasteiger partial charge in [0.1, 0.15) is 11.5 Å². The fourth-order valence-electron chi connectivity index (χ4n) is 2.49. The van der Waals surface area contributed by atoms with Crippen LogP contribution in [0.2, 0.25) is 0 Å². The quantitative estimate of drug-likeness (QED) is 0.897. The number of piperidine rings is 1. The van der Waals surface area contributed by atoms with Crippen LogP contribution in [0.15, 0.2) is 12.4 Å². The van der Waals surface area contributed by atoms with Crippen molar-refractivity contribution in [3.05, 3.63) is 18.1 Å². The van der Waals surface area contributed by atoms with E-state index in [-0.39, 0.29) is 5.91 Å². The first-order chi connectivity index (χ1) is 9.22. The Morgan fingerprint density at radius 3 is 2.79 bits per heavy atom. The molecule has 1 amide bonds. The van der Waals surface area contributed by atoms with Crippen LogP contribution in [0, 0.1) is 5.92 Å². The zero-order chi connectivity index (χ0) is 13.2. The normalized spacial score (nSPS) is 23.2. The van der Waals surface area contributed by atoms with E-state index in [0.29, 0.717) is 17.7 Å². The lowest BCUT2D eigenvalue weighted by Crippen LogP contribution is -2.35. The Morgan fingerprint density at radius 2 is 2.16 bits per heavy atom. The largest absolute Gasteiger partial charge is 0.355 e. The predicted octanol–water partition coefficient (Wildman–Crippen LogP) is 1.61. The van der Waals surface area contributed by atoms with Crippen LogP contribution in [0.1, 0.15) is 43.1 Å². The molecule has 1 aliphatic carbocycles. The molecule has 0 radical (unpaired) electrons. The highest BCUT2D eigenvalue weighted by atomic mass is 16.2. The third-order valence-corrected chi connectivity index (χ3v) is 3.76. The SMILES string of the molecule is CC1CCCN(c2cnc(C(=O)NC3CC3)cn2)C1. The molecule has 102 valence electrons. The van der Waals surface area contributed by atoms with Crippen molar-refractivity contribution in [2.75, 3.05) is 18.0 Å². The van der Waals surface area contributed by atoms with Crippen LogP contribution < -0.4 is 10.2 Å². The first-order valence-electron chi connectivity index (χ1n) is 7.10. The van der Waals surface area contributed by atoms with Gasteiger partial charge in [0.15, 0.2) is 0 Å². The van der Waals surface area contributed by atoms with Gasteiger partial charge in [-0.2, -0.15) is 0 Å². The molecule has 1 N–H and O–H groups in total. The predicted molar refractivity (Wildman–Crippen MR) is 73.1 cm³/mol. The molecule has 2 heterocycles. The highest BCUT2D eigenvalue weighted by Gasteiger charge is 2.24. The van der Waals surface area contributed by atoms with Crippen molar-refractivity contribution < 1.29 is 4.79 Å². The Balaban J connectivity index is 1.65. The van der Waals surface area contributed by atoms with Crippen LogP contribution in [0.5, 0.6) is 0 Å². The molecule has 2 aliphatic rings. The summed E-state index contributed by atoms with van der Waals surface area (Å²) in [5.74, 6) is 1.48. The van der Waals surface area contributed by atoms with E-state index in [1.54, 1.807) is 12.4 Å². The van der Waals surface area contributed by atoms with E-state index in [1.165, 1.54) is 12.8 Å². The van der Waals surface area contributed by atoms with Crippen molar-refractivity contribution in [1.82, 2.24) is 15.3 Å². The molecule has 1 atom stereocenters. The number of anilines is 1. The Kier molecular flexibility index (Phi) is 3.36. The molecule has 5 nitrogen and oxygen atoms in total. The van der Waals surface area contributed by atoms with Crippen LogP contribution >= 0.6 is 0 Å². The highest BCUT2D eigenvalue weighted by molar-refractivity contribution is 5.92. The maximum Gasteiger partial charge on any atom is 0.271 e. The van der Waals surface area contributed by atoms with Gasteiger partial charge in [-0.05, 0) is 31.6 Å². The van der Waals surface area contributed by atoms with Crippen molar-refractivity contribution >= 4 is 11.7 Å². The second-order valence-corrected chi connectivity index (χ2v) is 5.70. The summed E-state index contributed by atoms with van der Waals surface area (Å²) in [6, 6.07) is 0.358. The monoisotopic (exact) mass is 260 g/mol. The van der Waals surface area contributed by atoms with Gasteiger partial charge in [-0.25, -0.2) is 9.97 Å². The number of carbonyl (C=O) groups excluding carboxylic acids is 1. The summed E-state index contributed by atoms with van der Waals surface area (Å²) in [4.78, 5) is 22.7. The molecule has 2 fully saturated rings. The smallest absolute Gasteiger partial charge is 0.271 e. The third-order valence-electron chi connectivity index (χ3n) is 3.76. The second kappa shape index (κ2) is 5.15. The van der Waals surface area contributed by atoms with E-state index in [1.807, 2.05) is 0 Å². The summed E-state index contributed by atoms with van der Waals surface area (Å²) in [6.45, 7) is 4.33. The van der Waals surface area contributed by atoms with Crippen LogP contribution in [0.25, 0.3) is 0 Å². The van der Waals surface area contributed by atoms with Gasteiger partial charge in [-0.3, -0.25) is 4.79 Å². The number of rotatable bonds is 3. The summed E-state index contributed by atoms with van der Waals surface area (Å²) in [5, 5.41) is 2.92. The lowest BCUT2D eigenvalue weighted by Gasteiger charge is -2.31. The molecular weight excluding hydrogens is 240 g/mol. The Hall–Kier alpha value is -1.65. The summed E-state index contributed by atoms with van der Waals surface area (Å²) in [5.41, 5.74) is 0.417.